The second kappa shape index (κ2) is 6.82. The Morgan fingerprint density at radius 2 is 1.93 bits per heavy atom. The van der Waals surface area contributed by atoms with Crippen LogP contribution in [-0.4, -0.2) is 30.9 Å². The second-order valence-electron chi connectivity index (χ2n) is 4.55. The molecule has 84 valence electrons. The third-order valence-corrected chi connectivity index (χ3v) is 2.32. The van der Waals surface area contributed by atoms with Crippen molar-refractivity contribution < 1.29 is 4.79 Å². The van der Waals surface area contributed by atoms with Crippen molar-refractivity contribution in [1.29, 1.82) is 0 Å². The van der Waals surface area contributed by atoms with Gasteiger partial charge in [0.2, 0.25) is 5.91 Å². The molecule has 1 atom stereocenters. The molecule has 3 nitrogen and oxygen atoms in total. The molecule has 0 saturated heterocycles. The van der Waals surface area contributed by atoms with Gasteiger partial charge in [-0.05, 0) is 24.8 Å². The zero-order chi connectivity index (χ0) is 11.1. The second-order valence-corrected chi connectivity index (χ2v) is 4.55. The number of carbonyl (C=O) groups is 1. The van der Waals surface area contributed by atoms with E-state index in [1.165, 1.54) is 0 Å². The number of hydrogen-bond acceptors (Lipinski definition) is 2. The van der Waals surface area contributed by atoms with Crippen molar-refractivity contribution in [2.45, 2.75) is 33.6 Å². The summed E-state index contributed by atoms with van der Waals surface area (Å²) in [5, 5.41) is 0. The standard InChI is InChI=1S/C11H24N2O/c1-9(2)8-13(4)11(14)6-5-10(3)7-12/h9-10H,5-8,12H2,1-4H3. The van der Waals surface area contributed by atoms with E-state index in [1.807, 2.05) is 11.9 Å². The SMILES string of the molecule is CC(C)CN(C)C(=O)CCC(C)CN. The van der Waals surface area contributed by atoms with E-state index in [-0.39, 0.29) is 5.91 Å². The van der Waals surface area contributed by atoms with Gasteiger partial charge in [-0.25, -0.2) is 0 Å². The first-order chi connectivity index (χ1) is 6.47. The van der Waals surface area contributed by atoms with E-state index in [0.29, 0.717) is 24.8 Å². The Kier molecular flexibility index (Phi) is 6.54. The van der Waals surface area contributed by atoms with Gasteiger partial charge in [-0.3, -0.25) is 4.79 Å². The van der Waals surface area contributed by atoms with Crippen molar-refractivity contribution in [2.24, 2.45) is 17.6 Å². The lowest BCUT2D eigenvalue weighted by molar-refractivity contribution is -0.130. The molecule has 0 radical (unpaired) electrons. The van der Waals surface area contributed by atoms with E-state index in [0.717, 1.165) is 13.0 Å². The summed E-state index contributed by atoms with van der Waals surface area (Å²) < 4.78 is 0. The van der Waals surface area contributed by atoms with E-state index in [4.69, 9.17) is 5.73 Å². The summed E-state index contributed by atoms with van der Waals surface area (Å²) >= 11 is 0. The van der Waals surface area contributed by atoms with Crippen molar-refractivity contribution in [3.05, 3.63) is 0 Å². The summed E-state index contributed by atoms with van der Waals surface area (Å²) in [5.41, 5.74) is 5.49. The maximum atomic E-state index is 11.6. The highest BCUT2D eigenvalue weighted by molar-refractivity contribution is 5.75. The van der Waals surface area contributed by atoms with Crippen LogP contribution >= 0.6 is 0 Å². The van der Waals surface area contributed by atoms with E-state index >= 15 is 0 Å². The highest BCUT2D eigenvalue weighted by Crippen LogP contribution is 2.06. The number of carbonyl (C=O) groups excluding carboxylic acids is 1. The summed E-state index contributed by atoms with van der Waals surface area (Å²) in [4.78, 5) is 13.4. The lowest BCUT2D eigenvalue weighted by Crippen LogP contribution is -2.30. The highest BCUT2D eigenvalue weighted by Gasteiger charge is 2.11. The third-order valence-electron chi connectivity index (χ3n) is 2.32. The van der Waals surface area contributed by atoms with Crippen molar-refractivity contribution >= 4 is 5.91 Å². The molecule has 0 aromatic carbocycles. The Morgan fingerprint density at radius 3 is 2.36 bits per heavy atom. The van der Waals surface area contributed by atoms with Gasteiger partial charge in [-0.1, -0.05) is 20.8 Å². The molecule has 0 aliphatic rings. The Morgan fingerprint density at radius 1 is 1.36 bits per heavy atom. The molecule has 0 rings (SSSR count). The summed E-state index contributed by atoms with van der Waals surface area (Å²) in [6, 6.07) is 0. The molecule has 0 aliphatic carbocycles. The molecule has 0 saturated carbocycles. The van der Waals surface area contributed by atoms with Crippen LogP contribution in [0, 0.1) is 11.8 Å². The Hall–Kier alpha value is -0.570. The molecule has 1 amide bonds. The highest BCUT2D eigenvalue weighted by atomic mass is 16.2. The van der Waals surface area contributed by atoms with Gasteiger partial charge in [0.25, 0.3) is 0 Å². The van der Waals surface area contributed by atoms with Gasteiger partial charge in [0.05, 0.1) is 0 Å². The Balaban J connectivity index is 3.73. The molecule has 0 spiro atoms. The normalized spacial score (nSPS) is 13.0. The van der Waals surface area contributed by atoms with E-state index in [9.17, 15) is 4.79 Å². The average molecular weight is 200 g/mol. The first-order valence-electron chi connectivity index (χ1n) is 5.41. The van der Waals surface area contributed by atoms with Gasteiger partial charge in [0.1, 0.15) is 0 Å². The topological polar surface area (TPSA) is 46.3 Å². The minimum absolute atomic E-state index is 0.235. The smallest absolute Gasteiger partial charge is 0.222 e. The Bertz CT molecular complexity index is 169. The van der Waals surface area contributed by atoms with Crippen LogP contribution in [-0.2, 0) is 4.79 Å². The zero-order valence-electron chi connectivity index (χ0n) is 9.92. The average Bonchev–Trinajstić information content (AvgIpc) is 2.12. The quantitative estimate of drug-likeness (QED) is 0.706. The molecule has 2 N–H and O–H groups in total. The van der Waals surface area contributed by atoms with Gasteiger partial charge < -0.3 is 10.6 Å². The summed E-state index contributed by atoms with van der Waals surface area (Å²) in [5.74, 6) is 1.22. The van der Waals surface area contributed by atoms with Gasteiger partial charge in [-0.15, -0.1) is 0 Å². The van der Waals surface area contributed by atoms with Crippen LogP contribution in [0.15, 0.2) is 0 Å². The van der Waals surface area contributed by atoms with Crippen molar-refractivity contribution in [3.63, 3.8) is 0 Å². The van der Waals surface area contributed by atoms with Gasteiger partial charge in [-0.2, -0.15) is 0 Å². The third kappa shape index (κ3) is 5.97. The lowest BCUT2D eigenvalue weighted by atomic mass is 10.1. The van der Waals surface area contributed by atoms with Crippen LogP contribution in [0.25, 0.3) is 0 Å². The zero-order valence-corrected chi connectivity index (χ0v) is 9.92. The largest absolute Gasteiger partial charge is 0.346 e. The summed E-state index contributed by atoms with van der Waals surface area (Å²) in [6.45, 7) is 7.82. The van der Waals surface area contributed by atoms with Crippen molar-refractivity contribution in [3.8, 4) is 0 Å². The molecular weight excluding hydrogens is 176 g/mol. The minimum Gasteiger partial charge on any atom is -0.346 e. The van der Waals surface area contributed by atoms with E-state index in [2.05, 4.69) is 20.8 Å². The number of nitrogens with zero attached hydrogens (tertiary/aromatic N) is 1. The molecule has 0 aliphatic heterocycles. The van der Waals surface area contributed by atoms with Gasteiger partial charge in [0, 0.05) is 20.0 Å². The van der Waals surface area contributed by atoms with E-state index in [1.54, 1.807) is 0 Å². The monoisotopic (exact) mass is 200 g/mol. The maximum Gasteiger partial charge on any atom is 0.222 e. The first kappa shape index (κ1) is 13.4. The first-order valence-corrected chi connectivity index (χ1v) is 5.41. The predicted octanol–water partition coefficient (Wildman–Crippen LogP) is 1.48. The molecule has 0 aromatic rings. The van der Waals surface area contributed by atoms with Crippen LogP contribution in [0.4, 0.5) is 0 Å². The molecule has 14 heavy (non-hydrogen) atoms. The van der Waals surface area contributed by atoms with Crippen molar-refractivity contribution in [2.75, 3.05) is 20.1 Å². The predicted molar refractivity (Wildman–Crippen MR) is 59.9 cm³/mol. The minimum atomic E-state index is 0.235. The van der Waals surface area contributed by atoms with Crippen LogP contribution in [0.3, 0.4) is 0 Å². The molecule has 0 fully saturated rings. The fourth-order valence-electron chi connectivity index (χ4n) is 1.33. The Labute approximate surface area is 87.6 Å². The number of nitrogens with two attached hydrogens (primary N) is 1. The van der Waals surface area contributed by atoms with Gasteiger partial charge >= 0.3 is 0 Å². The van der Waals surface area contributed by atoms with Gasteiger partial charge in [0.15, 0.2) is 0 Å². The van der Waals surface area contributed by atoms with Crippen LogP contribution in [0.5, 0.6) is 0 Å². The molecule has 0 bridgehead atoms. The van der Waals surface area contributed by atoms with Crippen LogP contribution < -0.4 is 5.73 Å². The number of hydrogen-bond donors (Lipinski definition) is 1. The fraction of sp³-hybridized carbons (Fsp3) is 0.909. The van der Waals surface area contributed by atoms with Crippen LogP contribution in [0.1, 0.15) is 33.6 Å². The number of rotatable bonds is 6. The molecule has 0 aromatic heterocycles. The lowest BCUT2D eigenvalue weighted by Gasteiger charge is -2.20. The molecule has 0 heterocycles. The summed E-state index contributed by atoms with van der Waals surface area (Å²) in [6.07, 6.45) is 1.53. The molecule has 1 unspecified atom stereocenters. The number of amides is 1. The fourth-order valence-corrected chi connectivity index (χ4v) is 1.33. The van der Waals surface area contributed by atoms with Crippen LogP contribution in [0.2, 0.25) is 0 Å². The molecule has 3 heteroatoms. The maximum absolute atomic E-state index is 11.6. The van der Waals surface area contributed by atoms with Crippen molar-refractivity contribution in [1.82, 2.24) is 4.90 Å². The summed E-state index contributed by atoms with van der Waals surface area (Å²) in [7, 11) is 1.87. The van der Waals surface area contributed by atoms with E-state index < -0.39 is 0 Å². The molecular formula is C11H24N2O.